The van der Waals surface area contributed by atoms with Crippen LogP contribution in [0.1, 0.15) is 37.5 Å². The fourth-order valence-corrected chi connectivity index (χ4v) is 5.39. The summed E-state index contributed by atoms with van der Waals surface area (Å²) in [5.41, 5.74) is -0.651. The second-order valence-corrected chi connectivity index (χ2v) is 11.9. The van der Waals surface area contributed by atoms with Gasteiger partial charge in [-0.05, 0) is 35.2 Å². The molecule has 0 saturated heterocycles. The number of aliphatic hydroxyl groups is 1. The molecule has 1 N–H and O–H groups in total. The molecule has 5 nitrogen and oxygen atoms in total. The number of benzene rings is 3. The van der Waals surface area contributed by atoms with E-state index in [4.69, 9.17) is 9.26 Å². The van der Waals surface area contributed by atoms with Crippen molar-refractivity contribution in [2.24, 2.45) is 5.41 Å². The Labute approximate surface area is 211 Å². The molecule has 0 heterocycles. The summed E-state index contributed by atoms with van der Waals surface area (Å²) in [6.45, 7) is 9.34. The van der Waals surface area contributed by atoms with Crippen LogP contribution >= 0.6 is 0 Å². The van der Waals surface area contributed by atoms with Crippen LogP contribution in [-0.2, 0) is 19.6 Å². The van der Waals surface area contributed by atoms with Gasteiger partial charge in [-0.1, -0.05) is 112 Å². The molecule has 0 bridgehead atoms. The van der Waals surface area contributed by atoms with E-state index < -0.39 is 38.1 Å². The van der Waals surface area contributed by atoms with Gasteiger partial charge in [-0.15, -0.1) is 0 Å². The Kier molecular flexibility index (Phi) is 8.33. The molecule has 1 atom stereocenters. The molecular weight excluding hydrogens is 454 g/mol. The minimum atomic E-state index is -1.54. The molecule has 3 aromatic rings. The van der Waals surface area contributed by atoms with Crippen molar-refractivity contribution in [2.45, 2.75) is 44.9 Å². The van der Waals surface area contributed by atoms with Crippen LogP contribution < -0.4 is 0 Å². The fourth-order valence-electron chi connectivity index (χ4n) is 4.73. The van der Waals surface area contributed by atoms with E-state index in [0.29, 0.717) is 0 Å². The number of esters is 1. The summed E-state index contributed by atoms with van der Waals surface area (Å²) in [5, 5.41) is 12.8. The summed E-state index contributed by atoms with van der Waals surface area (Å²) >= 11 is 0. The van der Waals surface area contributed by atoms with Crippen molar-refractivity contribution in [3.05, 3.63) is 108 Å². The lowest BCUT2D eigenvalue weighted by Gasteiger charge is -2.56. The molecule has 0 aromatic heterocycles. The standard InChI is InChI=1S/C29H36NO4Si/c1-27(2,3)28(22-31,26(32)33-4)30(34-35(5)6)29(23-16-10-7-11-17-23,24-18-12-8-13-19-24)25-20-14-9-15-21-25/h7-21,31H,22H2,1-6H3/t28-/m0/s1. The first-order chi connectivity index (χ1) is 16.7. The topological polar surface area (TPSA) is 59.0 Å². The van der Waals surface area contributed by atoms with Crippen molar-refractivity contribution in [3.63, 3.8) is 0 Å². The Hall–Kier alpha value is -2.77. The lowest BCUT2D eigenvalue weighted by Crippen LogP contribution is -2.71. The highest BCUT2D eigenvalue weighted by Crippen LogP contribution is 2.50. The number of carbonyl (C=O) groups excluding carboxylic acids is 1. The van der Waals surface area contributed by atoms with E-state index in [1.54, 1.807) is 5.06 Å². The van der Waals surface area contributed by atoms with E-state index in [9.17, 15) is 9.90 Å². The number of hydrogen-bond donors (Lipinski definition) is 1. The van der Waals surface area contributed by atoms with Crippen LogP contribution in [0.25, 0.3) is 0 Å². The van der Waals surface area contributed by atoms with Crippen LogP contribution in [0.15, 0.2) is 91.0 Å². The monoisotopic (exact) mass is 490 g/mol. The average Bonchev–Trinajstić information content (AvgIpc) is 2.86. The van der Waals surface area contributed by atoms with Crippen molar-refractivity contribution in [2.75, 3.05) is 13.7 Å². The normalized spacial score (nSPS) is 14.1. The second-order valence-electron chi connectivity index (χ2n) is 9.86. The number of hydrogen-bond acceptors (Lipinski definition) is 5. The molecule has 0 aliphatic carbocycles. The van der Waals surface area contributed by atoms with Gasteiger partial charge >= 0.3 is 5.97 Å². The van der Waals surface area contributed by atoms with Crippen LogP contribution in [0, 0.1) is 5.41 Å². The number of rotatable bonds is 9. The summed E-state index contributed by atoms with van der Waals surface area (Å²) in [6.07, 6.45) is 0. The van der Waals surface area contributed by atoms with Crippen LogP contribution in [0.3, 0.4) is 0 Å². The maximum atomic E-state index is 13.8. The third kappa shape index (κ3) is 4.71. The van der Waals surface area contributed by atoms with Gasteiger partial charge in [0.2, 0.25) is 9.04 Å². The van der Waals surface area contributed by atoms with E-state index in [1.165, 1.54) is 7.11 Å². The zero-order valence-corrected chi connectivity index (χ0v) is 22.5. The van der Waals surface area contributed by atoms with Gasteiger partial charge in [-0.3, -0.25) is 0 Å². The van der Waals surface area contributed by atoms with Crippen molar-refractivity contribution in [1.29, 1.82) is 0 Å². The quantitative estimate of drug-likeness (QED) is 0.188. The minimum absolute atomic E-state index is 0.493. The lowest BCUT2D eigenvalue weighted by molar-refractivity contribution is -0.248. The van der Waals surface area contributed by atoms with Crippen molar-refractivity contribution >= 4 is 15.0 Å². The Morgan fingerprint density at radius 3 is 1.43 bits per heavy atom. The minimum Gasteiger partial charge on any atom is -0.467 e. The first-order valence-electron chi connectivity index (χ1n) is 11.8. The van der Waals surface area contributed by atoms with Crippen LogP contribution in [0.4, 0.5) is 0 Å². The van der Waals surface area contributed by atoms with Crippen molar-refractivity contribution in [3.8, 4) is 0 Å². The van der Waals surface area contributed by atoms with E-state index in [-0.39, 0.29) is 0 Å². The largest absolute Gasteiger partial charge is 0.467 e. The molecule has 0 amide bonds. The number of methoxy groups -OCH3 is 1. The maximum Gasteiger partial charge on any atom is 0.331 e. The zero-order chi connectivity index (χ0) is 25.7. The number of aliphatic hydroxyl groups excluding tert-OH is 1. The predicted molar refractivity (Wildman–Crippen MR) is 141 cm³/mol. The van der Waals surface area contributed by atoms with E-state index in [1.807, 2.05) is 125 Å². The highest BCUT2D eigenvalue weighted by molar-refractivity contribution is 6.48. The van der Waals surface area contributed by atoms with Crippen LogP contribution in [-0.4, -0.2) is 44.4 Å². The number of hydroxylamine groups is 2. The van der Waals surface area contributed by atoms with Gasteiger partial charge in [0.05, 0.1) is 13.7 Å². The summed E-state index contributed by atoms with van der Waals surface area (Å²) in [4.78, 5) is 13.8. The zero-order valence-electron chi connectivity index (χ0n) is 21.5. The molecule has 0 aliphatic rings. The van der Waals surface area contributed by atoms with E-state index in [2.05, 4.69) is 0 Å². The van der Waals surface area contributed by atoms with Crippen LogP contribution in [0.2, 0.25) is 13.1 Å². The Morgan fingerprint density at radius 1 is 0.800 bits per heavy atom. The lowest BCUT2D eigenvalue weighted by atomic mass is 9.68. The summed E-state index contributed by atoms with van der Waals surface area (Å²) in [7, 11) is -0.0656. The molecule has 0 spiro atoms. The summed E-state index contributed by atoms with van der Waals surface area (Å²) in [6, 6.07) is 30.0. The number of nitrogens with zero attached hydrogens (tertiary/aromatic N) is 1. The Bertz CT molecular complexity index is 987. The first-order valence-corrected chi connectivity index (χ1v) is 14.2. The summed E-state index contributed by atoms with van der Waals surface area (Å²) < 4.78 is 12.1. The molecule has 3 rings (SSSR count). The second kappa shape index (κ2) is 10.9. The van der Waals surface area contributed by atoms with Gasteiger partial charge in [-0.25, -0.2) is 4.79 Å². The molecule has 0 aliphatic heterocycles. The van der Waals surface area contributed by atoms with Crippen molar-refractivity contribution in [1.82, 2.24) is 5.06 Å². The molecule has 0 fully saturated rings. The Morgan fingerprint density at radius 2 is 1.17 bits per heavy atom. The highest BCUT2D eigenvalue weighted by atomic mass is 28.3. The molecule has 35 heavy (non-hydrogen) atoms. The third-order valence-corrected chi connectivity index (χ3v) is 7.04. The fraction of sp³-hybridized carbons (Fsp3) is 0.345. The highest BCUT2D eigenvalue weighted by Gasteiger charge is 2.62. The van der Waals surface area contributed by atoms with E-state index >= 15 is 0 Å². The predicted octanol–water partition coefficient (Wildman–Crippen LogP) is 5.41. The number of carbonyl (C=O) groups is 1. The van der Waals surface area contributed by atoms with Gasteiger partial charge in [0, 0.05) is 0 Å². The van der Waals surface area contributed by atoms with Gasteiger partial charge < -0.3 is 14.4 Å². The van der Waals surface area contributed by atoms with Crippen LogP contribution in [0.5, 0.6) is 0 Å². The maximum absolute atomic E-state index is 13.8. The smallest absolute Gasteiger partial charge is 0.331 e. The average molecular weight is 491 g/mol. The molecule has 0 unspecified atom stereocenters. The molecule has 0 saturated carbocycles. The van der Waals surface area contributed by atoms with Gasteiger partial charge in [0.25, 0.3) is 0 Å². The molecule has 6 heteroatoms. The molecule has 3 aromatic carbocycles. The van der Waals surface area contributed by atoms with Gasteiger partial charge in [0.15, 0.2) is 5.54 Å². The molecular formula is C29H36NO4Si. The Balaban J connectivity index is 2.60. The number of ether oxygens (including phenoxy) is 1. The molecule has 1 radical (unpaired) electrons. The van der Waals surface area contributed by atoms with E-state index in [0.717, 1.165) is 16.7 Å². The summed E-state index contributed by atoms with van der Waals surface area (Å²) in [5.74, 6) is -0.553. The van der Waals surface area contributed by atoms with Gasteiger partial charge in [0.1, 0.15) is 5.54 Å². The molecule has 185 valence electrons. The third-order valence-electron chi connectivity index (χ3n) is 6.49. The van der Waals surface area contributed by atoms with Crippen molar-refractivity contribution < 1.29 is 19.2 Å². The SMILES string of the molecule is COC(=O)[C@](CO)(N(O[Si](C)C)C(c1ccccc1)(c1ccccc1)c1ccccc1)C(C)(C)C. The van der Waals surface area contributed by atoms with Gasteiger partial charge in [-0.2, -0.15) is 5.06 Å². The first kappa shape index (κ1) is 26.8.